The van der Waals surface area contributed by atoms with Gasteiger partial charge in [-0.05, 0) is 40.1 Å². The summed E-state index contributed by atoms with van der Waals surface area (Å²) in [6.07, 6.45) is 0.262. The first-order valence-corrected chi connectivity index (χ1v) is 10.9. The lowest BCUT2D eigenvalue weighted by atomic mass is 10.1. The number of amides is 2. The topological polar surface area (TPSA) is 141 Å². The number of hydrogen-bond donors (Lipinski definition) is 2. The van der Waals surface area contributed by atoms with Gasteiger partial charge < -0.3 is 25.3 Å². The Balaban J connectivity index is 1.33. The molecule has 0 unspecified atom stereocenters. The Morgan fingerprint density at radius 1 is 1.06 bits per heavy atom. The fraction of sp³-hybridized carbons (Fsp3) is 0.261. The molecule has 0 saturated carbocycles. The van der Waals surface area contributed by atoms with Gasteiger partial charge in [0.1, 0.15) is 6.54 Å². The number of nitrogens with zero attached hydrogens (tertiary/aromatic N) is 5. The zero-order valence-corrected chi connectivity index (χ0v) is 18.3. The van der Waals surface area contributed by atoms with E-state index in [1.807, 2.05) is 42.5 Å². The van der Waals surface area contributed by atoms with Gasteiger partial charge in [0.2, 0.25) is 11.8 Å². The molecule has 1 aliphatic rings. The van der Waals surface area contributed by atoms with Crippen LogP contribution in [0.1, 0.15) is 5.56 Å². The zero-order chi connectivity index (χ0) is 23.5. The highest BCUT2D eigenvalue weighted by atomic mass is 16.6. The molecule has 1 fully saturated rings. The Morgan fingerprint density at radius 3 is 2.68 bits per heavy atom. The SMILES string of the molecule is Nc1nonc1-c1nc2ccccc2n1CC(=O)Nc1cccc(CC(=O)N2CCOCC2)c1. The van der Waals surface area contributed by atoms with Crippen molar-refractivity contribution < 1.29 is 19.0 Å². The van der Waals surface area contributed by atoms with Crippen molar-refractivity contribution in [1.82, 2.24) is 24.8 Å². The minimum atomic E-state index is -0.268. The number of carbonyl (C=O) groups is 2. The third kappa shape index (κ3) is 4.46. The molecule has 2 amide bonds. The molecule has 34 heavy (non-hydrogen) atoms. The van der Waals surface area contributed by atoms with E-state index in [0.29, 0.717) is 43.3 Å². The Kier molecular flexibility index (Phi) is 5.91. The third-order valence-electron chi connectivity index (χ3n) is 5.61. The Hall–Kier alpha value is -4.25. The second-order valence-corrected chi connectivity index (χ2v) is 7.93. The van der Waals surface area contributed by atoms with Crippen LogP contribution in [0.25, 0.3) is 22.6 Å². The van der Waals surface area contributed by atoms with Crippen molar-refractivity contribution in [3.05, 3.63) is 54.1 Å². The molecule has 1 aliphatic heterocycles. The molecule has 3 N–H and O–H groups in total. The van der Waals surface area contributed by atoms with Crippen LogP contribution in [0.3, 0.4) is 0 Å². The maximum absolute atomic E-state index is 13.0. The van der Waals surface area contributed by atoms with Gasteiger partial charge in [0.25, 0.3) is 0 Å². The van der Waals surface area contributed by atoms with E-state index in [9.17, 15) is 9.59 Å². The van der Waals surface area contributed by atoms with Gasteiger partial charge in [-0.1, -0.05) is 24.3 Å². The molecule has 0 spiro atoms. The van der Waals surface area contributed by atoms with Crippen LogP contribution in [0.4, 0.5) is 11.5 Å². The number of nitrogens with two attached hydrogens (primary N) is 1. The second kappa shape index (κ2) is 9.32. The number of nitrogens with one attached hydrogen (secondary N) is 1. The first kappa shape index (κ1) is 21.6. The number of imidazole rings is 1. The minimum absolute atomic E-state index is 0.0287. The van der Waals surface area contributed by atoms with E-state index >= 15 is 0 Å². The molecule has 2 aromatic carbocycles. The third-order valence-corrected chi connectivity index (χ3v) is 5.61. The fourth-order valence-corrected chi connectivity index (χ4v) is 3.97. The normalized spacial score (nSPS) is 13.8. The first-order chi connectivity index (χ1) is 16.6. The molecule has 3 heterocycles. The first-order valence-electron chi connectivity index (χ1n) is 10.9. The number of morpholine rings is 1. The molecule has 1 saturated heterocycles. The van der Waals surface area contributed by atoms with Crippen LogP contribution in [-0.2, 0) is 27.3 Å². The Labute approximate surface area is 194 Å². The van der Waals surface area contributed by atoms with E-state index in [0.717, 1.165) is 11.1 Å². The van der Waals surface area contributed by atoms with Gasteiger partial charge in [0, 0.05) is 18.8 Å². The summed E-state index contributed by atoms with van der Waals surface area (Å²) in [5, 5.41) is 10.4. The van der Waals surface area contributed by atoms with Gasteiger partial charge in [-0.15, -0.1) is 0 Å². The van der Waals surface area contributed by atoms with E-state index in [1.54, 1.807) is 15.5 Å². The monoisotopic (exact) mass is 461 g/mol. The van der Waals surface area contributed by atoms with Crippen LogP contribution in [0.2, 0.25) is 0 Å². The van der Waals surface area contributed by atoms with Crippen LogP contribution in [0.5, 0.6) is 0 Å². The van der Waals surface area contributed by atoms with E-state index < -0.39 is 0 Å². The number of carbonyl (C=O) groups excluding carboxylic acids is 2. The lowest BCUT2D eigenvalue weighted by Gasteiger charge is -2.26. The fourth-order valence-electron chi connectivity index (χ4n) is 3.97. The smallest absolute Gasteiger partial charge is 0.244 e. The van der Waals surface area contributed by atoms with E-state index in [4.69, 9.17) is 15.1 Å². The number of hydrogen-bond acceptors (Lipinski definition) is 8. The van der Waals surface area contributed by atoms with Crippen LogP contribution in [0, 0.1) is 0 Å². The van der Waals surface area contributed by atoms with Gasteiger partial charge in [-0.25, -0.2) is 9.61 Å². The summed E-state index contributed by atoms with van der Waals surface area (Å²) < 4.78 is 11.7. The van der Waals surface area contributed by atoms with E-state index in [-0.39, 0.29) is 36.3 Å². The maximum atomic E-state index is 13.0. The minimum Gasteiger partial charge on any atom is -0.379 e. The summed E-state index contributed by atoms with van der Waals surface area (Å²) >= 11 is 0. The molecule has 11 nitrogen and oxygen atoms in total. The number of para-hydroxylation sites is 2. The number of benzene rings is 2. The molecule has 11 heteroatoms. The van der Waals surface area contributed by atoms with Gasteiger partial charge in [-0.2, -0.15) is 0 Å². The zero-order valence-electron chi connectivity index (χ0n) is 18.3. The van der Waals surface area contributed by atoms with Crippen molar-refractivity contribution in [2.24, 2.45) is 0 Å². The van der Waals surface area contributed by atoms with Crippen molar-refractivity contribution in [2.45, 2.75) is 13.0 Å². The van der Waals surface area contributed by atoms with Gasteiger partial charge in [-0.3, -0.25) is 9.59 Å². The lowest BCUT2D eigenvalue weighted by molar-refractivity contribution is -0.134. The highest BCUT2D eigenvalue weighted by Crippen LogP contribution is 2.26. The summed E-state index contributed by atoms with van der Waals surface area (Å²) in [6.45, 7) is 2.29. The second-order valence-electron chi connectivity index (χ2n) is 7.93. The molecular formula is C23H23N7O4. The highest BCUT2D eigenvalue weighted by Gasteiger charge is 2.21. The largest absolute Gasteiger partial charge is 0.379 e. The maximum Gasteiger partial charge on any atom is 0.244 e. The van der Waals surface area contributed by atoms with Gasteiger partial charge in [0.15, 0.2) is 17.3 Å². The molecule has 2 aromatic heterocycles. The van der Waals surface area contributed by atoms with Crippen LogP contribution in [-0.4, -0.2) is 62.9 Å². The quantitative estimate of drug-likeness (QED) is 0.442. The molecule has 0 bridgehead atoms. The van der Waals surface area contributed by atoms with Crippen molar-refractivity contribution in [2.75, 3.05) is 37.4 Å². The Bertz CT molecular complexity index is 1340. The number of aromatic nitrogens is 4. The highest BCUT2D eigenvalue weighted by molar-refractivity contribution is 5.93. The lowest BCUT2D eigenvalue weighted by Crippen LogP contribution is -2.41. The molecule has 5 rings (SSSR count). The average Bonchev–Trinajstić information content (AvgIpc) is 3.43. The summed E-state index contributed by atoms with van der Waals surface area (Å²) in [5.74, 6) is 0.255. The van der Waals surface area contributed by atoms with Gasteiger partial charge in [0.05, 0.1) is 30.7 Å². The predicted octanol–water partition coefficient (Wildman–Crippen LogP) is 1.71. The molecule has 0 radical (unpaired) electrons. The molecular weight excluding hydrogens is 438 g/mol. The molecule has 0 atom stereocenters. The number of nitrogen functional groups attached to an aromatic ring is 1. The van der Waals surface area contributed by atoms with E-state index in [2.05, 4.69) is 20.6 Å². The predicted molar refractivity (Wildman–Crippen MR) is 124 cm³/mol. The Morgan fingerprint density at radius 2 is 1.88 bits per heavy atom. The van der Waals surface area contributed by atoms with Crippen molar-refractivity contribution >= 4 is 34.4 Å². The number of fused-ring (bicyclic) bond motifs is 1. The number of ether oxygens (including phenoxy) is 1. The summed E-state index contributed by atoms with van der Waals surface area (Å²) in [5.41, 5.74) is 9.01. The molecule has 0 aliphatic carbocycles. The van der Waals surface area contributed by atoms with Gasteiger partial charge >= 0.3 is 0 Å². The van der Waals surface area contributed by atoms with Crippen LogP contribution in [0.15, 0.2) is 53.2 Å². The molecule has 4 aromatic rings. The molecule has 174 valence electrons. The summed E-state index contributed by atoms with van der Waals surface area (Å²) in [7, 11) is 0. The standard InChI is InChI=1S/C23H23N7O4/c24-22-21(27-34-28-22)23-26-17-6-1-2-7-18(17)30(23)14-19(31)25-16-5-3-4-15(12-16)13-20(32)29-8-10-33-11-9-29/h1-7,12H,8-11,13-14H2,(H2,24,28)(H,25,31). The van der Waals surface area contributed by atoms with Crippen LogP contribution >= 0.6 is 0 Å². The van der Waals surface area contributed by atoms with E-state index in [1.165, 1.54) is 0 Å². The van der Waals surface area contributed by atoms with Crippen molar-refractivity contribution in [1.29, 1.82) is 0 Å². The number of anilines is 2. The summed E-state index contributed by atoms with van der Waals surface area (Å²) in [6, 6.07) is 14.7. The average molecular weight is 461 g/mol. The van der Waals surface area contributed by atoms with Crippen molar-refractivity contribution in [3.8, 4) is 11.5 Å². The van der Waals surface area contributed by atoms with Crippen LogP contribution < -0.4 is 11.1 Å². The summed E-state index contributed by atoms with van der Waals surface area (Å²) in [4.78, 5) is 31.9. The number of rotatable bonds is 6. The van der Waals surface area contributed by atoms with Crippen molar-refractivity contribution in [3.63, 3.8) is 0 Å².